The van der Waals surface area contributed by atoms with Gasteiger partial charge < -0.3 is 0 Å². The molecule has 0 aliphatic rings. The third-order valence-corrected chi connectivity index (χ3v) is 19.3. The van der Waals surface area contributed by atoms with E-state index in [0.29, 0.717) is 0 Å². The molecule has 13 heavy (non-hydrogen) atoms. The summed E-state index contributed by atoms with van der Waals surface area (Å²) in [6, 6.07) is 0. The van der Waals surface area contributed by atoms with E-state index >= 15 is 0 Å². The second-order valence-electron chi connectivity index (χ2n) is 5.07. The van der Waals surface area contributed by atoms with Crippen molar-refractivity contribution in [1.29, 1.82) is 0 Å². The summed E-state index contributed by atoms with van der Waals surface area (Å²) in [6.07, 6.45) is 2.17. The molecule has 78 valence electrons. The molecule has 0 unspecified atom stereocenters. The Morgan fingerprint density at radius 1 is 0.923 bits per heavy atom. The van der Waals surface area contributed by atoms with E-state index in [0.717, 1.165) is 14.3 Å². The molecule has 0 fully saturated rings. The second-order valence-corrected chi connectivity index (χ2v) is 17.9. The van der Waals surface area contributed by atoms with E-state index in [4.69, 9.17) is 0 Å². The number of rotatable bonds is 5. The van der Waals surface area contributed by atoms with Gasteiger partial charge >= 0.3 is 87.0 Å². The van der Waals surface area contributed by atoms with Gasteiger partial charge in [0.15, 0.2) is 0 Å². The molecule has 0 bridgehead atoms. The maximum atomic E-state index is 3.94. The molecule has 0 aliphatic carbocycles. The topological polar surface area (TPSA) is 0 Å². The van der Waals surface area contributed by atoms with Gasteiger partial charge in [0.25, 0.3) is 0 Å². The molecule has 0 nitrogen and oxygen atoms in total. The first-order valence-corrected chi connectivity index (χ1v) is 10.6. The first-order chi connectivity index (χ1) is 5.89. The van der Waals surface area contributed by atoms with Gasteiger partial charge in [0.05, 0.1) is 0 Å². The molecule has 0 spiro atoms. The third kappa shape index (κ3) is 2.62. The van der Waals surface area contributed by atoms with Crippen LogP contribution in [0.3, 0.4) is 0 Å². The molecule has 0 saturated heterocycles. The van der Waals surface area contributed by atoms with Gasteiger partial charge in [0.2, 0.25) is 0 Å². The monoisotopic (exact) mass is 244 g/mol. The minimum absolute atomic E-state index is 0.915. The second kappa shape index (κ2) is 5.23. The van der Waals surface area contributed by atoms with Gasteiger partial charge in [-0.2, -0.15) is 0 Å². The van der Waals surface area contributed by atoms with Crippen molar-refractivity contribution in [2.24, 2.45) is 0 Å². The van der Waals surface area contributed by atoms with Crippen molar-refractivity contribution < 1.29 is 0 Å². The van der Waals surface area contributed by atoms with E-state index in [-0.39, 0.29) is 0 Å². The molecule has 0 aromatic rings. The van der Waals surface area contributed by atoms with E-state index in [2.05, 4.69) is 54.2 Å². The summed E-state index contributed by atoms with van der Waals surface area (Å²) in [5.74, 6) is 0. The first kappa shape index (κ1) is 13.3. The molecule has 0 N–H and O–H groups in total. The van der Waals surface area contributed by atoms with E-state index in [9.17, 15) is 0 Å². The molecule has 0 rings (SSSR count). The van der Waals surface area contributed by atoms with Crippen molar-refractivity contribution in [1.82, 2.24) is 0 Å². The molecule has 0 aromatic carbocycles. The fourth-order valence-electron chi connectivity index (χ4n) is 2.96. The first-order valence-electron chi connectivity index (χ1n) is 5.50. The van der Waals surface area contributed by atoms with Crippen LogP contribution in [0.4, 0.5) is 0 Å². The summed E-state index contributed by atoms with van der Waals surface area (Å²) < 4.78 is 2.74. The van der Waals surface area contributed by atoms with Crippen molar-refractivity contribution in [3.05, 3.63) is 12.7 Å². The predicted molar refractivity (Wildman–Crippen MR) is 66.1 cm³/mol. The Hall–Kier alpha value is 0.283. The molecule has 0 aliphatic heterocycles. The van der Waals surface area contributed by atoms with E-state index in [1.165, 1.54) is 5.25 Å². The van der Waals surface area contributed by atoms with Crippen LogP contribution in [-0.4, -0.2) is 13.3 Å². The van der Waals surface area contributed by atoms with Gasteiger partial charge in [-0.15, -0.1) is 0 Å². The van der Waals surface area contributed by atoms with Gasteiger partial charge in [0.1, 0.15) is 0 Å². The number of allylic oxidation sites excluding steroid dienone is 1. The van der Waals surface area contributed by atoms with Gasteiger partial charge in [-0.25, -0.2) is 0 Å². The van der Waals surface area contributed by atoms with Crippen LogP contribution >= 0.6 is 0 Å². The molecular formula is C12H26Ge. The zero-order valence-corrected chi connectivity index (χ0v) is 12.3. The standard InChI is InChI=1S/C12H26Ge/c1-8-9-13(10(2)3,11(4)5)12(6)7/h8,10-12H,1,9H2,2-7H3. The van der Waals surface area contributed by atoms with Crippen molar-refractivity contribution in [2.75, 3.05) is 0 Å². The van der Waals surface area contributed by atoms with E-state index in [1.807, 2.05) is 0 Å². The van der Waals surface area contributed by atoms with Crippen molar-refractivity contribution in [2.45, 2.75) is 61.0 Å². The van der Waals surface area contributed by atoms with Gasteiger partial charge in [-0.3, -0.25) is 0 Å². The SMILES string of the molecule is C=C[CH2][Ge]([CH](C)C)([CH](C)C)[CH](C)C. The predicted octanol–water partition coefficient (Wildman–Crippen LogP) is 4.85. The van der Waals surface area contributed by atoms with Crippen molar-refractivity contribution >= 4 is 13.3 Å². The Bertz CT molecular complexity index is 135. The molecule has 0 heterocycles. The van der Waals surface area contributed by atoms with E-state index < -0.39 is 13.3 Å². The Labute approximate surface area is 87.2 Å². The van der Waals surface area contributed by atoms with Crippen molar-refractivity contribution in [3.8, 4) is 0 Å². The third-order valence-electron chi connectivity index (χ3n) is 3.72. The summed E-state index contributed by atoms with van der Waals surface area (Å²) in [6.45, 7) is 18.5. The average molecular weight is 243 g/mol. The molecule has 1 heteroatoms. The van der Waals surface area contributed by atoms with Crippen molar-refractivity contribution in [3.63, 3.8) is 0 Å². The molecule has 0 atom stereocenters. The number of hydrogen-bond acceptors (Lipinski definition) is 0. The fraction of sp³-hybridized carbons (Fsp3) is 0.833. The quantitative estimate of drug-likeness (QED) is 0.478. The van der Waals surface area contributed by atoms with E-state index in [1.54, 1.807) is 0 Å². The summed E-state index contributed by atoms with van der Waals surface area (Å²) in [7, 11) is 0. The van der Waals surface area contributed by atoms with Crippen LogP contribution in [-0.2, 0) is 0 Å². The zero-order valence-electron chi connectivity index (χ0n) is 10.2. The fourth-order valence-corrected chi connectivity index (χ4v) is 15.4. The normalized spacial score (nSPS) is 13.0. The Morgan fingerprint density at radius 3 is 1.31 bits per heavy atom. The Kier molecular flexibility index (Phi) is 5.35. The average Bonchev–Trinajstić information content (AvgIpc) is 1.97. The minimum atomic E-state index is -1.70. The van der Waals surface area contributed by atoms with Crippen LogP contribution in [0.2, 0.25) is 19.5 Å². The van der Waals surface area contributed by atoms with Crippen LogP contribution in [0.15, 0.2) is 12.7 Å². The molecule has 0 saturated carbocycles. The summed E-state index contributed by atoms with van der Waals surface area (Å²) >= 11 is -1.70. The maximum absolute atomic E-state index is 3.94. The summed E-state index contributed by atoms with van der Waals surface area (Å²) in [4.78, 5) is 0. The Balaban J connectivity index is 4.92. The van der Waals surface area contributed by atoms with Gasteiger partial charge in [-0.05, 0) is 0 Å². The summed E-state index contributed by atoms with van der Waals surface area (Å²) in [5.41, 5.74) is 0. The molecule has 0 radical (unpaired) electrons. The van der Waals surface area contributed by atoms with Crippen LogP contribution in [0.5, 0.6) is 0 Å². The van der Waals surface area contributed by atoms with Gasteiger partial charge in [0, 0.05) is 0 Å². The van der Waals surface area contributed by atoms with Crippen LogP contribution < -0.4 is 0 Å². The molecule has 0 amide bonds. The molecular weight excluding hydrogens is 217 g/mol. The van der Waals surface area contributed by atoms with Crippen LogP contribution in [0.25, 0.3) is 0 Å². The zero-order chi connectivity index (χ0) is 10.6. The number of hydrogen-bond donors (Lipinski definition) is 0. The van der Waals surface area contributed by atoms with Crippen LogP contribution in [0.1, 0.15) is 41.5 Å². The Morgan fingerprint density at radius 2 is 1.23 bits per heavy atom. The van der Waals surface area contributed by atoms with Crippen LogP contribution in [0, 0.1) is 0 Å². The molecule has 0 aromatic heterocycles. The summed E-state index contributed by atoms with van der Waals surface area (Å²) in [5, 5.41) is 1.33. The van der Waals surface area contributed by atoms with Gasteiger partial charge in [-0.1, -0.05) is 0 Å².